The van der Waals surface area contributed by atoms with Crippen LogP contribution in [0.25, 0.3) is 0 Å². The maximum absolute atomic E-state index is 10.1. The lowest BCUT2D eigenvalue weighted by Gasteiger charge is -2.21. The first-order valence-corrected chi connectivity index (χ1v) is 7.88. The van der Waals surface area contributed by atoms with Crippen LogP contribution in [0, 0.1) is 0 Å². The smallest absolute Gasteiger partial charge is 0.0814 e. The molecular weight excluding hydrogens is 292 g/mol. The van der Waals surface area contributed by atoms with E-state index in [1.165, 1.54) is 0 Å². The summed E-state index contributed by atoms with van der Waals surface area (Å²) in [6.45, 7) is 0. The molecule has 124 valence electrons. The van der Waals surface area contributed by atoms with Crippen LogP contribution in [0.15, 0.2) is 60.7 Å². The summed E-state index contributed by atoms with van der Waals surface area (Å²) in [5.74, 6) is 0. The highest BCUT2D eigenvalue weighted by atomic mass is 16.3. The van der Waals surface area contributed by atoms with Crippen molar-refractivity contribution >= 4 is 0 Å². The van der Waals surface area contributed by atoms with Gasteiger partial charge in [-0.1, -0.05) is 60.7 Å². The second-order valence-corrected chi connectivity index (χ2v) is 5.87. The molecule has 0 aromatic heterocycles. The Kier molecular flexibility index (Phi) is 6.74. The van der Waals surface area contributed by atoms with Crippen LogP contribution in [0.4, 0.5) is 0 Å². The number of benzene rings is 2. The highest BCUT2D eigenvalue weighted by Crippen LogP contribution is 2.23. The first-order chi connectivity index (χ1) is 11.1. The summed E-state index contributed by atoms with van der Waals surface area (Å²) in [4.78, 5) is 0. The summed E-state index contributed by atoms with van der Waals surface area (Å²) in [5, 5.41) is 40.2. The van der Waals surface area contributed by atoms with Crippen LogP contribution in [0.3, 0.4) is 0 Å². The molecule has 0 aliphatic rings. The molecule has 0 fully saturated rings. The quantitative estimate of drug-likeness (QED) is 0.602. The lowest BCUT2D eigenvalue weighted by Crippen LogP contribution is -2.22. The molecule has 0 unspecified atom stereocenters. The topological polar surface area (TPSA) is 80.9 Å². The monoisotopic (exact) mass is 316 g/mol. The summed E-state index contributed by atoms with van der Waals surface area (Å²) in [7, 11) is 0. The van der Waals surface area contributed by atoms with Gasteiger partial charge in [-0.3, -0.25) is 0 Å². The Bertz CT molecular complexity index is 507. The fourth-order valence-corrected chi connectivity index (χ4v) is 2.64. The van der Waals surface area contributed by atoms with E-state index in [1.807, 2.05) is 36.4 Å². The molecule has 0 aliphatic heterocycles. The third kappa shape index (κ3) is 5.77. The van der Waals surface area contributed by atoms with Crippen molar-refractivity contribution in [2.75, 3.05) is 0 Å². The van der Waals surface area contributed by atoms with E-state index < -0.39 is 24.4 Å². The lowest BCUT2D eigenvalue weighted by atomic mass is 9.96. The number of aliphatic hydroxyl groups is 4. The fraction of sp³-hybridized carbons (Fsp3) is 0.368. The van der Waals surface area contributed by atoms with Crippen molar-refractivity contribution < 1.29 is 20.4 Å². The first-order valence-electron chi connectivity index (χ1n) is 7.88. The van der Waals surface area contributed by atoms with E-state index in [0.717, 1.165) is 11.1 Å². The van der Waals surface area contributed by atoms with Crippen LogP contribution >= 0.6 is 0 Å². The molecule has 0 saturated heterocycles. The van der Waals surface area contributed by atoms with Crippen LogP contribution < -0.4 is 0 Å². The summed E-state index contributed by atoms with van der Waals surface area (Å²) in [5.41, 5.74) is 1.48. The largest absolute Gasteiger partial charge is 0.393 e. The number of rotatable bonds is 8. The molecule has 0 aliphatic carbocycles. The molecule has 0 bridgehead atoms. The third-order valence-corrected chi connectivity index (χ3v) is 3.90. The maximum atomic E-state index is 10.1. The van der Waals surface area contributed by atoms with E-state index in [4.69, 9.17) is 0 Å². The zero-order chi connectivity index (χ0) is 16.7. The Morgan fingerprint density at radius 1 is 0.522 bits per heavy atom. The van der Waals surface area contributed by atoms with Crippen LogP contribution in [0.5, 0.6) is 0 Å². The Morgan fingerprint density at radius 2 is 0.870 bits per heavy atom. The van der Waals surface area contributed by atoms with Crippen LogP contribution in [-0.4, -0.2) is 32.6 Å². The zero-order valence-electron chi connectivity index (χ0n) is 13.0. The molecule has 2 aromatic rings. The van der Waals surface area contributed by atoms with E-state index in [0.29, 0.717) is 0 Å². The second-order valence-electron chi connectivity index (χ2n) is 5.87. The minimum absolute atomic E-state index is 0.119. The predicted octanol–water partition coefficient (Wildman–Crippen LogP) is 2.35. The molecule has 0 heterocycles. The Labute approximate surface area is 136 Å². The van der Waals surface area contributed by atoms with E-state index in [2.05, 4.69) is 0 Å². The van der Waals surface area contributed by atoms with Gasteiger partial charge in [0.25, 0.3) is 0 Å². The van der Waals surface area contributed by atoms with E-state index in [9.17, 15) is 20.4 Å². The number of hydrogen-bond acceptors (Lipinski definition) is 4. The van der Waals surface area contributed by atoms with Crippen LogP contribution in [0.1, 0.15) is 42.6 Å². The highest BCUT2D eigenvalue weighted by molar-refractivity contribution is 5.18. The van der Waals surface area contributed by atoms with Gasteiger partial charge in [0.15, 0.2) is 0 Å². The highest BCUT2D eigenvalue weighted by Gasteiger charge is 2.20. The lowest BCUT2D eigenvalue weighted by molar-refractivity contribution is 0.0181. The van der Waals surface area contributed by atoms with E-state index in [1.54, 1.807) is 24.3 Å². The molecule has 0 amide bonds. The van der Waals surface area contributed by atoms with E-state index in [-0.39, 0.29) is 19.3 Å². The average molecular weight is 316 g/mol. The zero-order valence-corrected chi connectivity index (χ0v) is 13.0. The minimum atomic E-state index is -0.830. The molecule has 4 atom stereocenters. The second kappa shape index (κ2) is 8.79. The molecule has 0 spiro atoms. The van der Waals surface area contributed by atoms with E-state index >= 15 is 0 Å². The SMILES string of the molecule is O[C@H](C[C@H](O)C[C@H](O)c1ccccc1)C[C@H](O)c1ccccc1. The van der Waals surface area contributed by atoms with Crippen molar-refractivity contribution in [2.45, 2.75) is 43.7 Å². The first kappa shape index (κ1) is 17.6. The summed E-state index contributed by atoms with van der Waals surface area (Å²) in [6, 6.07) is 18.2. The molecular formula is C19H24O4. The van der Waals surface area contributed by atoms with Gasteiger partial charge >= 0.3 is 0 Å². The van der Waals surface area contributed by atoms with Crippen molar-refractivity contribution in [3.05, 3.63) is 71.8 Å². The standard InChI is InChI=1S/C19H24O4/c20-16(12-18(22)14-7-3-1-4-8-14)11-17(21)13-19(23)15-9-5-2-6-10-15/h1-10,16-23H,11-13H2/t16-,17+,18-,19-/m0/s1. The number of aliphatic hydroxyl groups excluding tert-OH is 4. The van der Waals surface area contributed by atoms with Gasteiger partial charge in [0.1, 0.15) is 0 Å². The van der Waals surface area contributed by atoms with Crippen molar-refractivity contribution in [1.29, 1.82) is 0 Å². The predicted molar refractivity (Wildman–Crippen MR) is 88.7 cm³/mol. The van der Waals surface area contributed by atoms with Crippen LogP contribution in [-0.2, 0) is 0 Å². The Morgan fingerprint density at radius 3 is 1.22 bits per heavy atom. The molecule has 2 aromatic carbocycles. The van der Waals surface area contributed by atoms with Crippen LogP contribution in [0.2, 0.25) is 0 Å². The minimum Gasteiger partial charge on any atom is -0.393 e. The summed E-state index contributed by atoms with van der Waals surface area (Å²) < 4.78 is 0. The molecule has 23 heavy (non-hydrogen) atoms. The molecule has 2 rings (SSSR count). The molecule has 0 radical (unpaired) electrons. The maximum Gasteiger partial charge on any atom is 0.0814 e. The van der Waals surface area contributed by atoms with Gasteiger partial charge in [-0.2, -0.15) is 0 Å². The van der Waals surface area contributed by atoms with Gasteiger partial charge in [-0.05, 0) is 17.5 Å². The summed E-state index contributed by atoms with van der Waals surface area (Å²) in [6.07, 6.45) is -2.76. The van der Waals surface area contributed by atoms with Gasteiger partial charge < -0.3 is 20.4 Å². The van der Waals surface area contributed by atoms with Crippen molar-refractivity contribution in [1.82, 2.24) is 0 Å². The van der Waals surface area contributed by atoms with Crippen molar-refractivity contribution in [2.24, 2.45) is 0 Å². The molecule has 4 heteroatoms. The molecule has 4 nitrogen and oxygen atoms in total. The average Bonchev–Trinajstić information content (AvgIpc) is 2.56. The number of hydrogen-bond donors (Lipinski definition) is 4. The Balaban J connectivity index is 1.79. The van der Waals surface area contributed by atoms with Gasteiger partial charge in [-0.15, -0.1) is 0 Å². The van der Waals surface area contributed by atoms with Gasteiger partial charge in [0.05, 0.1) is 24.4 Å². The van der Waals surface area contributed by atoms with Gasteiger partial charge in [0.2, 0.25) is 0 Å². The van der Waals surface area contributed by atoms with Gasteiger partial charge in [0, 0.05) is 12.8 Å². The fourth-order valence-electron chi connectivity index (χ4n) is 2.64. The third-order valence-electron chi connectivity index (χ3n) is 3.90. The Hall–Kier alpha value is -1.72. The van der Waals surface area contributed by atoms with Gasteiger partial charge in [-0.25, -0.2) is 0 Å². The van der Waals surface area contributed by atoms with Crippen molar-refractivity contribution in [3.8, 4) is 0 Å². The molecule has 0 saturated carbocycles. The summed E-state index contributed by atoms with van der Waals surface area (Å²) >= 11 is 0. The van der Waals surface area contributed by atoms with Crippen molar-refractivity contribution in [3.63, 3.8) is 0 Å². The normalized spacial score (nSPS) is 16.5. The molecule has 4 N–H and O–H groups in total.